The number of esters is 1. The molecule has 2 rings (SSSR count). The first-order valence-electron chi connectivity index (χ1n) is 6.25. The molecule has 0 atom stereocenters. The third kappa shape index (κ3) is 3.15. The first kappa shape index (κ1) is 14.1. The number of hydrogen-bond donors (Lipinski definition) is 1. The van der Waals surface area contributed by atoms with Gasteiger partial charge >= 0.3 is 5.97 Å². The van der Waals surface area contributed by atoms with Crippen molar-refractivity contribution in [3.05, 3.63) is 64.5 Å². The maximum atomic E-state index is 13.1. The molecule has 0 fully saturated rings. The molecule has 0 saturated carbocycles. The quantitative estimate of drug-likeness (QED) is 0.689. The number of carbonyl (C=O) groups excluding carboxylic acids is 1. The zero-order chi connectivity index (χ0) is 14.7. The summed E-state index contributed by atoms with van der Waals surface area (Å²) in [5.41, 5.74) is 9.12. The zero-order valence-corrected chi connectivity index (χ0v) is 11.4. The lowest BCUT2D eigenvalue weighted by atomic mass is 10.1. The van der Waals surface area contributed by atoms with Crippen LogP contribution in [-0.2, 0) is 11.3 Å². The third-order valence-electron chi connectivity index (χ3n) is 3.18. The molecule has 0 aliphatic carbocycles. The minimum absolute atomic E-state index is 0.0475. The van der Waals surface area contributed by atoms with Crippen LogP contribution < -0.4 is 5.73 Å². The van der Waals surface area contributed by atoms with Crippen LogP contribution in [0.1, 0.15) is 27.0 Å². The highest BCUT2D eigenvalue weighted by atomic mass is 19.1. The average molecular weight is 273 g/mol. The molecule has 0 heterocycles. The molecule has 0 radical (unpaired) electrons. The summed E-state index contributed by atoms with van der Waals surface area (Å²) in [7, 11) is 0. The zero-order valence-electron chi connectivity index (χ0n) is 11.4. The minimum atomic E-state index is -0.447. The standard InChI is InChI=1S/C16H16FNO2/c1-10-3-5-14(17)8-13(10)9-20-16(19)12-4-6-15(18)11(2)7-12/h3-8H,9,18H2,1-2H3. The van der Waals surface area contributed by atoms with E-state index in [-0.39, 0.29) is 12.4 Å². The van der Waals surface area contributed by atoms with Crippen molar-refractivity contribution in [2.45, 2.75) is 20.5 Å². The lowest BCUT2D eigenvalue weighted by molar-refractivity contribution is 0.0471. The highest BCUT2D eigenvalue weighted by Gasteiger charge is 2.10. The molecular formula is C16H16FNO2. The lowest BCUT2D eigenvalue weighted by Crippen LogP contribution is -2.07. The molecule has 0 unspecified atom stereocenters. The molecule has 20 heavy (non-hydrogen) atoms. The Morgan fingerprint density at radius 2 is 1.90 bits per heavy atom. The largest absolute Gasteiger partial charge is 0.457 e. The molecule has 0 spiro atoms. The monoisotopic (exact) mass is 273 g/mol. The van der Waals surface area contributed by atoms with Crippen LogP contribution in [0, 0.1) is 19.7 Å². The van der Waals surface area contributed by atoms with Crippen LogP contribution in [0.4, 0.5) is 10.1 Å². The van der Waals surface area contributed by atoms with Gasteiger partial charge in [0.15, 0.2) is 0 Å². The van der Waals surface area contributed by atoms with E-state index in [9.17, 15) is 9.18 Å². The van der Waals surface area contributed by atoms with Crippen LogP contribution in [0.25, 0.3) is 0 Å². The van der Waals surface area contributed by atoms with Crippen LogP contribution in [-0.4, -0.2) is 5.97 Å². The van der Waals surface area contributed by atoms with E-state index >= 15 is 0 Å². The topological polar surface area (TPSA) is 52.3 Å². The van der Waals surface area contributed by atoms with Crippen molar-refractivity contribution in [3.63, 3.8) is 0 Å². The van der Waals surface area contributed by atoms with Crippen molar-refractivity contribution in [1.82, 2.24) is 0 Å². The lowest BCUT2D eigenvalue weighted by Gasteiger charge is -2.09. The van der Waals surface area contributed by atoms with Crippen LogP contribution in [0.2, 0.25) is 0 Å². The van der Waals surface area contributed by atoms with Crippen molar-refractivity contribution < 1.29 is 13.9 Å². The summed E-state index contributed by atoms with van der Waals surface area (Å²) in [5, 5.41) is 0. The molecule has 0 aliphatic heterocycles. The first-order chi connectivity index (χ1) is 9.47. The molecule has 0 aromatic heterocycles. The van der Waals surface area contributed by atoms with E-state index in [1.165, 1.54) is 12.1 Å². The second-order valence-corrected chi connectivity index (χ2v) is 4.72. The summed E-state index contributed by atoms with van der Waals surface area (Å²) in [4.78, 5) is 11.9. The molecule has 4 heteroatoms. The minimum Gasteiger partial charge on any atom is -0.457 e. The van der Waals surface area contributed by atoms with Gasteiger partial charge in [-0.15, -0.1) is 0 Å². The van der Waals surface area contributed by atoms with E-state index in [1.54, 1.807) is 24.3 Å². The molecule has 2 N–H and O–H groups in total. The van der Waals surface area contributed by atoms with Crippen molar-refractivity contribution in [2.24, 2.45) is 0 Å². The second kappa shape index (κ2) is 5.74. The Hall–Kier alpha value is -2.36. The van der Waals surface area contributed by atoms with Gasteiger partial charge in [0.25, 0.3) is 0 Å². The summed E-state index contributed by atoms with van der Waals surface area (Å²) in [6, 6.07) is 9.37. The van der Waals surface area contributed by atoms with Crippen molar-refractivity contribution >= 4 is 11.7 Å². The molecule has 0 bridgehead atoms. The predicted molar refractivity (Wildman–Crippen MR) is 75.8 cm³/mol. The summed E-state index contributed by atoms with van der Waals surface area (Å²) < 4.78 is 18.3. The summed E-state index contributed by atoms with van der Waals surface area (Å²) in [6.45, 7) is 3.71. The fourth-order valence-corrected chi connectivity index (χ4v) is 1.82. The fourth-order valence-electron chi connectivity index (χ4n) is 1.82. The van der Waals surface area contributed by atoms with Crippen LogP contribution in [0.15, 0.2) is 36.4 Å². The van der Waals surface area contributed by atoms with Gasteiger partial charge in [-0.1, -0.05) is 6.07 Å². The van der Waals surface area contributed by atoms with Gasteiger partial charge < -0.3 is 10.5 Å². The average Bonchev–Trinajstić information content (AvgIpc) is 2.42. The van der Waals surface area contributed by atoms with E-state index in [2.05, 4.69) is 0 Å². The fraction of sp³-hybridized carbons (Fsp3) is 0.188. The Labute approximate surface area is 117 Å². The molecule has 2 aromatic rings. The molecule has 104 valence electrons. The van der Waals surface area contributed by atoms with Gasteiger partial charge in [0.05, 0.1) is 5.56 Å². The molecular weight excluding hydrogens is 257 g/mol. The number of halogens is 1. The molecule has 2 aromatic carbocycles. The first-order valence-corrected chi connectivity index (χ1v) is 6.25. The van der Waals surface area contributed by atoms with Gasteiger partial charge in [-0.25, -0.2) is 9.18 Å². The smallest absolute Gasteiger partial charge is 0.338 e. The number of nitrogen functional groups attached to an aromatic ring is 1. The summed E-state index contributed by atoms with van der Waals surface area (Å²) in [6.07, 6.45) is 0. The van der Waals surface area contributed by atoms with Crippen LogP contribution >= 0.6 is 0 Å². The van der Waals surface area contributed by atoms with Crippen LogP contribution in [0.3, 0.4) is 0 Å². The van der Waals surface area contributed by atoms with Crippen molar-refractivity contribution in [3.8, 4) is 0 Å². The van der Waals surface area contributed by atoms with Gasteiger partial charge in [-0.2, -0.15) is 0 Å². The maximum Gasteiger partial charge on any atom is 0.338 e. The third-order valence-corrected chi connectivity index (χ3v) is 3.18. The Morgan fingerprint density at radius 3 is 2.60 bits per heavy atom. The van der Waals surface area contributed by atoms with Gasteiger partial charge in [0.2, 0.25) is 0 Å². The van der Waals surface area contributed by atoms with Gasteiger partial charge in [-0.05, 0) is 60.9 Å². The van der Waals surface area contributed by atoms with E-state index in [1.807, 2.05) is 13.8 Å². The Bertz CT molecular complexity index is 653. The number of hydrogen-bond acceptors (Lipinski definition) is 3. The maximum absolute atomic E-state index is 13.1. The summed E-state index contributed by atoms with van der Waals surface area (Å²) in [5.74, 6) is -0.790. The number of aryl methyl sites for hydroxylation is 2. The van der Waals surface area contributed by atoms with Crippen molar-refractivity contribution in [2.75, 3.05) is 5.73 Å². The molecule has 3 nitrogen and oxygen atoms in total. The predicted octanol–water partition coefficient (Wildman–Crippen LogP) is 3.38. The number of rotatable bonds is 3. The summed E-state index contributed by atoms with van der Waals surface area (Å²) >= 11 is 0. The molecule has 0 aliphatic rings. The van der Waals surface area contributed by atoms with Crippen molar-refractivity contribution in [1.29, 1.82) is 0 Å². The van der Waals surface area contributed by atoms with E-state index in [4.69, 9.17) is 10.5 Å². The van der Waals surface area contributed by atoms with Gasteiger partial charge in [-0.3, -0.25) is 0 Å². The van der Waals surface area contributed by atoms with Crippen LogP contribution in [0.5, 0.6) is 0 Å². The molecule has 0 saturated heterocycles. The van der Waals surface area contributed by atoms with E-state index < -0.39 is 5.97 Å². The van der Waals surface area contributed by atoms with E-state index in [0.717, 1.165) is 11.1 Å². The highest BCUT2D eigenvalue weighted by molar-refractivity contribution is 5.90. The number of benzene rings is 2. The number of carbonyl (C=O) groups is 1. The van der Waals surface area contributed by atoms with Gasteiger partial charge in [0, 0.05) is 5.69 Å². The Balaban J connectivity index is 2.08. The van der Waals surface area contributed by atoms with E-state index in [0.29, 0.717) is 16.8 Å². The number of nitrogens with two attached hydrogens (primary N) is 1. The number of ether oxygens (including phenoxy) is 1. The number of anilines is 1. The molecule has 0 amide bonds. The Kier molecular flexibility index (Phi) is 4.03. The van der Waals surface area contributed by atoms with Gasteiger partial charge in [0.1, 0.15) is 12.4 Å². The normalized spacial score (nSPS) is 10.3. The Morgan fingerprint density at radius 1 is 1.15 bits per heavy atom. The second-order valence-electron chi connectivity index (χ2n) is 4.72. The highest BCUT2D eigenvalue weighted by Crippen LogP contribution is 2.16. The SMILES string of the molecule is Cc1cc(C(=O)OCc2cc(F)ccc2C)ccc1N.